The predicted molar refractivity (Wildman–Crippen MR) is 144 cm³/mol. The van der Waals surface area contributed by atoms with Crippen molar-refractivity contribution in [3.05, 3.63) is 78.0 Å². The minimum absolute atomic E-state index is 0.301. The van der Waals surface area contributed by atoms with E-state index in [1.165, 1.54) is 5.57 Å². The molecule has 5 heteroatoms. The van der Waals surface area contributed by atoms with Crippen LogP contribution in [0.4, 0.5) is 0 Å². The molecule has 5 nitrogen and oxygen atoms in total. The first-order chi connectivity index (χ1) is 17.0. The second-order valence-electron chi connectivity index (χ2n) is 11.6. The SMILES string of the molecule is CCCC1CC(OC(=O)C(O)(c2ccccc2)C(C)(C)C)/C1=C/[N+](C)(C)CCCOc1ccccc1. The highest BCUT2D eigenvalue weighted by Gasteiger charge is 2.52. The maximum absolute atomic E-state index is 13.5. The number of rotatable bonds is 11. The normalized spacial score (nSPS) is 20.9. The third-order valence-electron chi connectivity index (χ3n) is 7.19. The fourth-order valence-corrected chi connectivity index (χ4v) is 4.97. The number of nitrogens with zero attached hydrogens (tertiary/aromatic N) is 1. The third-order valence-corrected chi connectivity index (χ3v) is 7.19. The zero-order chi connectivity index (χ0) is 26.4. The lowest BCUT2D eigenvalue weighted by atomic mass is 9.71. The van der Waals surface area contributed by atoms with E-state index in [1.54, 1.807) is 12.1 Å². The summed E-state index contributed by atoms with van der Waals surface area (Å²) in [4.78, 5) is 13.5. The number of esters is 1. The zero-order valence-electron chi connectivity index (χ0n) is 22.9. The second-order valence-corrected chi connectivity index (χ2v) is 11.6. The van der Waals surface area contributed by atoms with E-state index in [-0.39, 0.29) is 6.10 Å². The Kier molecular flexibility index (Phi) is 9.02. The first kappa shape index (κ1) is 27.9. The van der Waals surface area contributed by atoms with E-state index in [1.807, 2.05) is 69.3 Å². The molecule has 1 aliphatic carbocycles. The van der Waals surface area contributed by atoms with Gasteiger partial charge in [-0.2, -0.15) is 0 Å². The lowest BCUT2D eigenvalue weighted by molar-refractivity contribution is -0.840. The van der Waals surface area contributed by atoms with E-state index >= 15 is 0 Å². The molecule has 196 valence electrons. The fraction of sp³-hybridized carbons (Fsp3) is 0.516. The van der Waals surface area contributed by atoms with Gasteiger partial charge in [0.15, 0.2) is 5.60 Å². The standard InChI is InChI=1S/C31H44NO4/c1-7-15-24-22-28(36-29(33)31(34,30(2,3)4)25-16-10-8-11-17-25)27(24)23-32(5,6)20-14-21-35-26-18-12-9-13-19-26/h8-13,16-19,23-24,28,34H,7,14-15,20-22H2,1-6H3/q+1/b27-23+. The number of carbonyl (C=O) groups is 1. The maximum atomic E-state index is 13.5. The second kappa shape index (κ2) is 11.6. The molecule has 3 rings (SSSR count). The molecule has 36 heavy (non-hydrogen) atoms. The molecule has 0 radical (unpaired) electrons. The van der Waals surface area contributed by atoms with Crippen LogP contribution in [0.2, 0.25) is 0 Å². The number of carbonyl (C=O) groups excluding carboxylic acids is 1. The van der Waals surface area contributed by atoms with Crippen LogP contribution in [0.1, 0.15) is 58.9 Å². The maximum Gasteiger partial charge on any atom is 0.344 e. The average Bonchev–Trinajstić information content (AvgIpc) is 2.84. The Balaban J connectivity index is 1.70. The van der Waals surface area contributed by atoms with Crippen molar-refractivity contribution in [3.8, 4) is 5.75 Å². The monoisotopic (exact) mass is 494 g/mol. The molecule has 1 saturated carbocycles. The summed E-state index contributed by atoms with van der Waals surface area (Å²) in [6.45, 7) is 9.36. The van der Waals surface area contributed by atoms with Crippen LogP contribution in [0.3, 0.4) is 0 Å². The zero-order valence-corrected chi connectivity index (χ0v) is 22.9. The van der Waals surface area contributed by atoms with Crippen LogP contribution in [0.5, 0.6) is 5.75 Å². The van der Waals surface area contributed by atoms with E-state index in [0.29, 0.717) is 22.6 Å². The fourth-order valence-electron chi connectivity index (χ4n) is 4.97. The molecule has 0 heterocycles. The van der Waals surface area contributed by atoms with Gasteiger partial charge in [0.25, 0.3) is 0 Å². The molecule has 0 aliphatic heterocycles. The first-order valence-corrected chi connectivity index (χ1v) is 13.2. The number of quaternary nitrogens is 1. The van der Waals surface area contributed by atoms with Crippen LogP contribution < -0.4 is 4.74 Å². The Labute approximate surface area is 217 Å². The minimum atomic E-state index is -1.73. The largest absolute Gasteiger partial charge is 0.493 e. The van der Waals surface area contributed by atoms with Gasteiger partial charge in [-0.05, 0) is 36.5 Å². The van der Waals surface area contributed by atoms with Gasteiger partial charge in [0.2, 0.25) is 0 Å². The van der Waals surface area contributed by atoms with Crippen molar-refractivity contribution >= 4 is 5.97 Å². The highest BCUT2D eigenvalue weighted by molar-refractivity contribution is 5.82. The van der Waals surface area contributed by atoms with Crippen LogP contribution in [-0.2, 0) is 15.1 Å². The van der Waals surface area contributed by atoms with Crippen LogP contribution >= 0.6 is 0 Å². The molecule has 0 bridgehead atoms. The number of aliphatic hydroxyl groups is 1. The quantitative estimate of drug-likeness (QED) is 0.234. The highest BCUT2D eigenvalue weighted by Crippen LogP contribution is 2.45. The topological polar surface area (TPSA) is 55.8 Å². The summed E-state index contributed by atoms with van der Waals surface area (Å²) >= 11 is 0. The molecular formula is C31H44NO4+. The van der Waals surface area contributed by atoms with Crippen molar-refractivity contribution in [1.82, 2.24) is 0 Å². The smallest absolute Gasteiger partial charge is 0.344 e. The molecule has 0 amide bonds. The summed E-state index contributed by atoms with van der Waals surface area (Å²) in [5.74, 6) is 0.721. The van der Waals surface area contributed by atoms with Gasteiger partial charge in [0.1, 0.15) is 11.9 Å². The van der Waals surface area contributed by atoms with Crippen LogP contribution in [0.15, 0.2) is 72.4 Å². The molecule has 3 unspecified atom stereocenters. The number of hydrogen-bond acceptors (Lipinski definition) is 4. The number of ether oxygens (including phenoxy) is 2. The Morgan fingerprint density at radius 1 is 1.06 bits per heavy atom. The van der Waals surface area contributed by atoms with Crippen LogP contribution in [0.25, 0.3) is 0 Å². The Morgan fingerprint density at radius 3 is 2.25 bits per heavy atom. The van der Waals surface area contributed by atoms with E-state index in [4.69, 9.17) is 9.47 Å². The summed E-state index contributed by atoms with van der Waals surface area (Å²) in [6, 6.07) is 19.0. The van der Waals surface area contributed by atoms with Gasteiger partial charge in [-0.25, -0.2) is 4.79 Å². The van der Waals surface area contributed by atoms with E-state index in [2.05, 4.69) is 27.2 Å². The summed E-state index contributed by atoms with van der Waals surface area (Å²) in [5.41, 5.74) is -0.722. The molecule has 0 aromatic heterocycles. The average molecular weight is 495 g/mol. The van der Waals surface area contributed by atoms with Gasteiger partial charge in [0, 0.05) is 17.4 Å². The predicted octanol–water partition coefficient (Wildman–Crippen LogP) is 6.08. The molecule has 2 aromatic carbocycles. The molecule has 3 atom stereocenters. The van der Waals surface area contributed by atoms with Crippen molar-refractivity contribution in [2.24, 2.45) is 11.3 Å². The molecule has 2 aromatic rings. The highest BCUT2D eigenvalue weighted by atomic mass is 16.6. The molecule has 0 spiro atoms. The lowest BCUT2D eigenvalue weighted by Gasteiger charge is -2.43. The van der Waals surface area contributed by atoms with Gasteiger partial charge in [-0.15, -0.1) is 0 Å². The minimum Gasteiger partial charge on any atom is -0.493 e. The van der Waals surface area contributed by atoms with E-state index in [0.717, 1.165) is 38.0 Å². The summed E-state index contributed by atoms with van der Waals surface area (Å²) < 4.78 is 12.6. The first-order valence-electron chi connectivity index (χ1n) is 13.2. The van der Waals surface area contributed by atoms with Crippen molar-refractivity contribution in [2.45, 2.75) is 65.1 Å². The molecule has 1 aliphatic rings. The van der Waals surface area contributed by atoms with Crippen LogP contribution in [0, 0.1) is 11.3 Å². The van der Waals surface area contributed by atoms with Gasteiger partial charge in [-0.3, -0.25) is 0 Å². The van der Waals surface area contributed by atoms with E-state index < -0.39 is 17.0 Å². The Bertz CT molecular complexity index is 1010. The summed E-state index contributed by atoms with van der Waals surface area (Å²) in [6.07, 6.45) is 5.81. The molecule has 0 saturated heterocycles. The number of hydrogen-bond donors (Lipinski definition) is 1. The van der Waals surface area contributed by atoms with Gasteiger partial charge in [-0.1, -0.05) is 82.6 Å². The third kappa shape index (κ3) is 6.57. The van der Waals surface area contributed by atoms with Gasteiger partial charge >= 0.3 is 5.97 Å². The van der Waals surface area contributed by atoms with Crippen LogP contribution in [-0.4, -0.2) is 48.9 Å². The summed E-state index contributed by atoms with van der Waals surface area (Å²) in [5, 5.41) is 11.7. The Morgan fingerprint density at radius 2 is 1.67 bits per heavy atom. The number of para-hydroxylation sites is 1. The van der Waals surface area contributed by atoms with Gasteiger partial charge < -0.3 is 19.1 Å². The van der Waals surface area contributed by atoms with Gasteiger partial charge in [0.05, 0.1) is 33.4 Å². The van der Waals surface area contributed by atoms with Crippen molar-refractivity contribution in [1.29, 1.82) is 0 Å². The van der Waals surface area contributed by atoms with Crippen molar-refractivity contribution in [2.75, 3.05) is 27.2 Å². The molecule has 1 fully saturated rings. The molecule has 1 N–H and O–H groups in total. The summed E-state index contributed by atoms with van der Waals surface area (Å²) in [7, 11) is 4.34. The van der Waals surface area contributed by atoms with Crippen molar-refractivity contribution < 1.29 is 23.9 Å². The van der Waals surface area contributed by atoms with E-state index in [9.17, 15) is 9.90 Å². The molecular weight excluding hydrogens is 450 g/mol. The Hall–Kier alpha value is -2.63. The number of benzene rings is 2. The van der Waals surface area contributed by atoms with Crippen molar-refractivity contribution in [3.63, 3.8) is 0 Å². The lowest BCUT2D eigenvalue weighted by Crippen LogP contribution is -2.51.